The zero-order valence-corrected chi connectivity index (χ0v) is 10.3. The van der Waals surface area contributed by atoms with Crippen molar-refractivity contribution < 1.29 is 5.11 Å². The van der Waals surface area contributed by atoms with Crippen molar-refractivity contribution in [3.63, 3.8) is 0 Å². The molecule has 1 aromatic carbocycles. The lowest BCUT2D eigenvalue weighted by Gasteiger charge is -2.22. The highest BCUT2D eigenvalue weighted by Gasteiger charge is 2.18. The fourth-order valence-electron chi connectivity index (χ4n) is 1.57. The van der Waals surface area contributed by atoms with Crippen LogP contribution in [0.3, 0.4) is 0 Å². The third-order valence-electron chi connectivity index (χ3n) is 2.46. The van der Waals surface area contributed by atoms with Gasteiger partial charge in [0.2, 0.25) is 0 Å². The Balaban J connectivity index is 2.25. The third-order valence-corrected chi connectivity index (χ3v) is 3.21. The Bertz CT molecular complexity index is 377. The molecule has 0 amide bonds. The monoisotopic (exact) mass is 200 g/mol. The zero-order chi connectivity index (χ0) is 10.0. The van der Waals surface area contributed by atoms with E-state index < -0.39 is 4.46 Å². The van der Waals surface area contributed by atoms with Gasteiger partial charge >= 0.3 is 0 Å². The van der Waals surface area contributed by atoms with E-state index in [4.69, 9.17) is 0 Å². The molecule has 0 bridgehead atoms. The molecule has 0 aliphatic heterocycles. The molecule has 14 heavy (non-hydrogen) atoms. The van der Waals surface area contributed by atoms with Gasteiger partial charge in [0.15, 0.2) is 0 Å². The van der Waals surface area contributed by atoms with Crippen LogP contribution in [0.5, 0.6) is 0 Å². The maximum atomic E-state index is 9.77. The number of hydrogen-bond donors (Lipinski definition) is 1. The van der Waals surface area contributed by atoms with Gasteiger partial charge < -0.3 is 5.11 Å². The molecule has 0 fully saturated rings. The summed E-state index contributed by atoms with van der Waals surface area (Å²) in [6.07, 6.45) is 6.80. The number of benzene rings is 1. The second kappa shape index (κ2) is 3.75. The lowest BCUT2D eigenvalue weighted by atomic mass is 9.98. The van der Waals surface area contributed by atoms with Gasteiger partial charge in [-0.1, -0.05) is 48.6 Å². The fraction of sp³-hybridized carbons (Fsp3) is 0.167. The molecule has 0 heterocycles. The summed E-state index contributed by atoms with van der Waals surface area (Å²) in [5.41, 5.74) is 2.44. The second-order valence-electron chi connectivity index (χ2n) is 3.92. The van der Waals surface area contributed by atoms with Crippen LogP contribution >= 0.6 is 0 Å². The van der Waals surface area contributed by atoms with Crippen molar-refractivity contribution in [3.8, 4) is 0 Å². The number of allylic oxidation sites excluding steroid dienone is 2. The Labute approximate surface area is 92.2 Å². The maximum Gasteiger partial charge on any atom is 0.270 e. The molecular formula is C12H13AlO. The molecule has 1 N–H and O–H groups in total. The van der Waals surface area contributed by atoms with Crippen molar-refractivity contribution in [2.24, 2.45) is 0 Å². The number of aliphatic hydroxyl groups is 1. The zero-order valence-electron chi connectivity index (χ0n) is 8.27. The van der Waals surface area contributed by atoms with Gasteiger partial charge in [-0.05, 0) is 17.6 Å². The fourth-order valence-corrected chi connectivity index (χ4v) is 1.94. The summed E-state index contributed by atoms with van der Waals surface area (Å²) in [5.74, 6) is 0. The Morgan fingerprint density at radius 2 is 1.93 bits per heavy atom. The van der Waals surface area contributed by atoms with Crippen molar-refractivity contribution in [2.45, 2.75) is 10.9 Å². The van der Waals surface area contributed by atoms with Crippen LogP contribution in [0, 0.1) is 0 Å². The molecule has 1 nitrogen and oxygen atoms in total. The summed E-state index contributed by atoms with van der Waals surface area (Å²) in [6, 6.07) is 10.3. The average Bonchev–Trinajstić information content (AvgIpc) is 2.19. The van der Waals surface area contributed by atoms with Crippen molar-refractivity contribution in [1.29, 1.82) is 0 Å². The Morgan fingerprint density at radius 1 is 1.21 bits per heavy atom. The topological polar surface area (TPSA) is 20.2 Å². The Kier molecular flexibility index (Phi) is 2.61. The normalized spacial score (nSPS) is 25.9. The predicted molar refractivity (Wildman–Crippen MR) is 61.7 cm³/mol. The van der Waals surface area contributed by atoms with Gasteiger partial charge in [-0.2, -0.15) is 0 Å². The molecule has 1 aromatic rings. The van der Waals surface area contributed by atoms with Crippen LogP contribution in [-0.4, -0.2) is 25.9 Å². The molecule has 0 aromatic heterocycles. The molecule has 2 heteroatoms. The molecule has 1 unspecified atom stereocenters. The van der Waals surface area contributed by atoms with Gasteiger partial charge in [0.25, 0.3) is 16.3 Å². The highest BCUT2D eigenvalue weighted by atomic mass is 27.0. The lowest BCUT2D eigenvalue weighted by Crippen LogP contribution is -2.26. The summed E-state index contributed by atoms with van der Waals surface area (Å²) in [5, 5.41) is 9.77. The van der Waals surface area contributed by atoms with Gasteiger partial charge in [-0.25, -0.2) is 0 Å². The molecule has 0 saturated heterocycles. The standard InChI is InChI=1S/C12H11O.Al.2H/c13-12-8-6-11(7-9-12)10-4-2-1-3-5-10;;;/h1-8,13H,9H2;;;. The van der Waals surface area contributed by atoms with Crippen molar-refractivity contribution in [2.75, 3.05) is 0 Å². The Morgan fingerprint density at radius 3 is 2.50 bits per heavy atom. The second-order valence-corrected chi connectivity index (χ2v) is 5.65. The van der Waals surface area contributed by atoms with E-state index in [0.29, 0.717) is 0 Å². The predicted octanol–water partition coefficient (Wildman–Crippen LogP) is 1.35. The van der Waals surface area contributed by atoms with Crippen LogP contribution in [0.1, 0.15) is 12.0 Å². The number of rotatable bonds is 1. The van der Waals surface area contributed by atoms with E-state index in [1.54, 1.807) is 0 Å². The van der Waals surface area contributed by atoms with Gasteiger partial charge in [0.05, 0.1) is 0 Å². The summed E-state index contributed by atoms with van der Waals surface area (Å²) >= 11 is 0.788. The van der Waals surface area contributed by atoms with E-state index in [1.807, 2.05) is 30.4 Å². The van der Waals surface area contributed by atoms with Crippen LogP contribution in [-0.2, 0) is 0 Å². The maximum absolute atomic E-state index is 9.77. The molecular weight excluding hydrogens is 187 g/mol. The molecule has 70 valence electrons. The van der Waals surface area contributed by atoms with Crippen molar-refractivity contribution >= 4 is 21.9 Å². The largest absolute Gasteiger partial charge is 0.402 e. The summed E-state index contributed by atoms with van der Waals surface area (Å²) < 4.78 is -0.529. The highest BCUT2D eigenvalue weighted by molar-refractivity contribution is 6.16. The third kappa shape index (κ3) is 2.16. The number of hydrogen-bond acceptors (Lipinski definition) is 1. The first-order chi connectivity index (χ1) is 6.67. The highest BCUT2D eigenvalue weighted by Crippen LogP contribution is 2.24. The van der Waals surface area contributed by atoms with E-state index in [-0.39, 0.29) is 0 Å². The van der Waals surface area contributed by atoms with Crippen molar-refractivity contribution in [1.82, 2.24) is 0 Å². The average molecular weight is 200 g/mol. The van der Waals surface area contributed by atoms with E-state index in [1.165, 1.54) is 11.1 Å². The SMILES string of the molecule is O[C]1([AlH2])C=CC(c2ccccc2)=CC1. The first-order valence-corrected chi connectivity index (χ1v) is 5.85. The van der Waals surface area contributed by atoms with E-state index >= 15 is 0 Å². The van der Waals surface area contributed by atoms with Gasteiger partial charge in [-0.15, -0.1) is 0 Å². The summed E-state index contributed by atoms with van der Waals surface area (Å²) in [6.45, 7) is 0. The molecule has 0 saturated carbocycles. The first-order valence-electron chi connectivity index (χ1n) is 4.85. The first kappa shape index (κ1) is 9.74. The molecule has 2 rings (SSSR count). The quantitative estimate of drug-likeness (QED) is 0.678. The van der Waals surface area contributed by atoms with Gasteiger partial charge in [-0.3, -0.25) is 0 Å². The molecule has 1 aliphatic rings. The van der Waals surface area contributed by atoms with Crippen LogP contribution in [0.2, 0.25) is 0 Å². The van der Waals surface area contributed by atoms with E-state index in [9.17, 15) is 5.11 Å². The van der Waals surface area contributed by atoms with E-state index in [0.717, 1.165) is 22.7 Å². The molecule has 0 spiro atoms. The molecule has 1 atom stereocenters. The summed E-state index contributed by atoms with van der Waals surface area (Å²) in [4.78, 5) is 0. The molecule has 1 aliphatic carbocycles. The summed E-state index contributed by atoms with van der Waals surface area (Å²) in [7, 11) is 0. The van der Waals surface area contributed by atoms with Crippen LogP contribution in [0.15, 0.2) is 48.6 Å². The van der Waals surface area contributed by atoms with Crippen molar-refractivity contribution in [3.05, 3.63) is 54.1 Å². The molecule has 0 radical (unpaired) electrons. The minimum Gasteiger partial charge on any atom is -0.402 e. The lowest BCUT2D eigenvalue weighted by molar-refractivity contribution is 0.181. The Hall–Kier alpha value is -0.808. The van der Waals surface area contributed by atoms with Crippen LogP contribution in [0.25, 0.3) is 5.57 Å². The minimum absolute atomic E-state index is 0.529. The minimum atomic E-state index is -0.529. The van der Waals surface area contributed by atoms with Crippen LogP contribution in [0.4, 0.5) is 0 Å². The van der Waals surface area contributed by atoms with Gasteiger partial charge in [0.1, 0.15) is 0 Å². The van der Waals surface area contributed by atoms with E-state index in [2.05, 4.69) is 18.2 Å². The van der Waals surface area contributed by atoms with Crippen LogP contribution < -0.4 is 0 Å². The smallest absolute Gasteiger partial charge is 0.270 e. The van der Waals surface area contributed by atoms with Gasteiger partial charge in [0, 0.05) is 4.46 Å².